The van der Waals surface area contributed by atoms with Gasteiger partial charge in [-0.25, -0.2) is 12.7 Å². The Bertz CT molecular complexity index is 972. The highest BCUT2D eigenvalue weighted by Gasteiger charge is 2.45. The van der Waals surface area contributed by atoms with Crippen LogP contribution in [0.3, 0.4) is 0 Å². The van der Waals surface area contributed by atoms with E-state index in [1.807, 2.05) is 19.9 Å². The molecule has 8 heteroatoms. The first-order valence-electron chi connectivity index (χ1n) is 8.88. The van der Waals surface area contributed by atoms with Crippen molar-refractivity contribution in [2.75, 3.05) is 6.54 Å². The van der Waals surface area contributed by atoms with Crippen LogP contribution in [0, 0.1) is 13.8 Å². The minimum atomic E-state index is -3.90. The molecular weight excluding hydrogens is 364 g/mol. The zero-order valence-electron chi connectivity index (χ0n) is 15.9. The number of carbonyl (C=O) groups excluding carboxylic acids is 1. The molecule has 2 aromatic rings. The summed E-state index contributed by atoms with van der Waals surface area (Å²) >= 11 is 0. The molecule has 0 aliphatic carbocycles. The van der Waals surface area contributed by atoms with Gasteiger partial charge >= 0.3 is 0 Å². The molecule has 2 N–H and O–H groups in total. The fourth-order valence-electron chi connectivity index (χ4n) is 3.35. The van der Waals surface area contributed by atoms with Gasteiger partial charge in [-0.1, -0.05) is 30.3 Å². The quantitative estimate of drug-likeness (QED) is 0.790. The summed E-state index contributed by atoms with van der Waals surface area (Å²) in [5, 5.41) is 10.2. The van der Waals surface area contributed by atoms with Crippen LogP contribution < -0.4 is 5.32 Å². The van der Waals surface area contributed by atoms with E-state index in [9.17, 15) is 13.2 Å². The number of carbonyl (C=O) groups is 1. The van der Waals surface area contributed by atoms with Crippen LogP contribution in [0.25, 0.3) is 4.91 Å². The fourth-order valence-corrected chi connectivity index (χ4v) is 5.26. The van der Waals surface area contributed by atoms with E-state index in [-0.39, 0.29) is 10.6 Å². The third kappa shape index (κ3) is 3.37. The molecule has 27 heavy (non-hydrogen) atoms. The maximum atomic E-state index is 13.0. The topological polar surface area (TPSA) is 95.2 Å². The molecule has 0 spiro atoms. The number of hydrogen-bond acceptors (Lipinski definition) is 5. The van der Waals surface area contributed by atoms with E-state index in [1.165, 1.54) is 0 Å². The summed E-state index contributed by atoms with van der Waals surface area (Å²) in [5.74, 6) is -0.510. The molecule has 0 saturated carbocycles. The number of aryl methyl sites for hydroxylation is 2. The van der Waals surface area contributed by atoms with Crippen molar-refractivity contribution >= 4 is 20.8 Å². The van der Waals surface area contributed by atoms with Gasteiger partial charge in [0.2, 0.25) is 0 Å². The minimum absolute atomic E-state index is 0.0439. The second-order valence-corrected chi connectivity index (χ2v) is 8.61. The van der Waals surface area contributed by atoms with Crippen molar-refractivity contribution in [3.63, 3.8) is 0 Å². The third-order valence-electron chi connectivity index (χ3n) is 4.62. The zero-order chi connectivity index (χ0) is 19.8. The van der Waals surface area contributed by atoms with E-state index in [0.29, 0.717) is 18.5 Å². The Morgan fingerprint density at radius 2 is 1.85 bits per heavy atom. The number of aromatic nitrogens is 2. The van der Waals surface area contributed by atoms with Crippen molar-refractivity contribution in [2.45, 2.75) is 40.2 Å². The summed E-state index contributed by atoms with van der Waals surface area (Å²) in [6, 6.07) is 8.28. The lowest BCUT2D eigenvalue weighted by Crippen LogP contribution is -2.39. The molecule has 0 radical (unpaired) electrons. The van der Waals surface area contributed by atoms with E-state index in [1.54, 1.807) is 38.1 Å². The van der Waals surface area contributed by atoms with Gasteiger partial charge in [0.25, 0.3) is 15.9 Å². The number of H-pyrrole nitrogens is 1. The summed E-state index contributed by atoms with van der Waals surface area (Å²) in [6.45, 7) is 7.67. The molecule has 144 valence electrons. The van der Waals surface area contributed by atoms with Crippen molar-refractivity contribution in [2.24, 2.45) is 0 Å². The largest absolute Gasteiger partial charge is 0.379 e. The Morgan fingerprint density at radius 1 is 1.19 bits per heavy atom. The molecule has 0 saturated heterocycles. The van der Waals surface area contributed by atoms with Crippen LogP contribution in [0.5, 0.6) is 0 Å². The summed E-state index contributed by atoms with van der Waals surface area (Å²) in [6.07, 6.45) is 0.634. The smallest absolute Gasteiger partial charge is 0.285 e. The predicted octanol–water partition coefficient (Wildman–Crippen LogP) is 2.11. The van der Waals surface area contributed by atoms with Gasteiger partial charge in [0.05, 0.1) is 5.69 Å². The van der Waals surface area contributed by atoms with Gasteiger partial charge in [-0.05, 0) is 45.2 Å². The molecule has 0 fully saturated rings. The molecular formula is C19H24N4O3S. The first kappa shape index (κ1) is 19.2. The van der Waals surface area contributed by atoms with Crippen LogP contribution in [0.1, 0.15) is 36.4 Å². The van der Waals surface area contributed by atoms with Crippen molar-refractivity contribution in [1.82, 2.24) is 19.8 Å². The highest BCUT2D eigenvalue weighted by molar-refractivity contribution is 7.99. The lowest BCUT2D eigenvalue weighted by Gasteiger charge is -2.20. The van der Waals surface area contributed by atoms with Gasteiger partial charge in [0.1, 0.15) is 10.6 Å². The van der Waals surface area contributed by atoms with Crippen LogP contribution in [-0.4, -0.2) is 41.4 Å². The highest BCUT2D eigenvalue weighted by atomic mass is 32.2. The molecule has 1 aliphatic heterocycles. The minimum Gasteiger partial charge on any atom is -0.379 e. The van der Waals surface area contributed by atoms with Crippen molar-refractivity contribution in [3.05, 3.63) is 58.5 Å². The maximum absolute atomic E-state index is 13.0. The van der Waals surface area contributed by atoms with E-state index >= 15 is 0 Å². The van der Waals surface area contributed by atoms with Crippen molar-refractivity contribution < 1.29 is 13.2 Å². The molecule has 0 atom stereocenters. The standard InChI is InChI=1S/C19H24N4O3S/c1-12(2)23-19(24)17(20-11-10-16-13(3)21-22-14(16)4)18(27(23,25)26)15-8-6-5-7-9-15/h5-9,12,20H,10-11H2,1-4H3,(H,21,22). The summed E-state index contributed by atoms with van der Waals surface area (Å²) in [5.41, 5.74) is 3.58. The fraction of sp³-hybridized carbons (Fsp3) is 0.368. The Kier molecular flexibility index (Phi) is 5.10. The molecule has 1 aromatic heterocycles. The Balaban J connectivity index is 1.96. The molecule has 0 bridgehead atoms. The monoisotopic (exact) mass is 388 g/mol. The lowest BCUT2D eigenvalue weighted by molar-refractivity contribution is -0.123. The number of benzene rings is 1. The number of sulfonamides is 1. The maximum Gasteiger partial charge on any atom is 0.285 e. The number of rotatable bonds is 6. The Morgan fingerprint density at radius 3 is 2.41 bits per heavy atom. The number of nitrogens with zero attached hydrogens (tertiary/aromatic N) is 2. The zero-order valence-corrected chi connectivity index (χ0v) is 16.7. The summed E-state index contributed by atoms with van der Waals surface area (Å²) in [4.78, 5) is 12.9. The summed E-state index contributed by atoms with van der Waals surface area (Å²) < 4.78 is 27.0. The first-order valence-corrected chi connectivity index (χ1v) is 10.3. The normalized spacial score (nSPS) is 16.5. The van der Waals surface area contributed by atoms with Crippen LogP contribution in [-0.2, 0) is 21.2 Å². The number of amides is 1. The van der Waals surface area contributed by atoms with E-state index in [0.717, 1.165) is 21.3 Å². The summed E-state index contributed by atoms with van der Waals surface area (Å²) in [7, 11) is -3.90. The van der Waals surface area contributed by atoms with Crippen LogP contribution in [0.2, 0.25) is 0 Å². The third-order valence-corrected chi connectivity index (χ3v) is 6.68. The predicted molar refractivity (Wildman–Crippen MR) is 104 cm³/mol. The van der Waals surface area contributed by atoms with E-state index < -0.39 is 22.0 Å². The Labute approximate surface area is 159 Å². The first-order chi connectivity index (χ1) is 12.7. The molecule has 1 aromatic carbocycles. The average molecular weight is 388 g/mol. The van der Waals surface area contributed by atoms with Gasteiger partial charge in [-0.2, -0.15) is 5.10 Å². The average Bonchev–Trinajstić information content (AvgIpc) is 3.02. The molecule has 0 unspecified atom stereocenters. The van der Waals surface area contributed by atoms with Gasteiger partial charge in [-0.15, -0.1) is 0 Å². The van der Waals surface area contributed by atoms with Gasteiger partial charge in [-0.3, -0.25) is 9.89 Å². The number of aromatic amines is 1. The van der Waals surface area contributed by atoms with E-state index in [4.69, 9.17) is 0 Å². The van der Waals surface area contributed by atoms with Gasteiger partial charge in [0.15, 0.2) is 0 Å². The Hall–Kier alpha value is -2.61. The number of nitrogens with one attached hydrogen (secondary N) is 2. The molecule has 2 heterocycles. The second-order valence-electron chi connectivity index (χ2n) is 6.86. The molecule has 1 amide bonds. The van der Waals surface area contributed by atoms with Crippen molar-refractivity contribution in [1.29, 1.82) is 0 Å². The second kappa shape index (κ2) is 7.19. The van der Waals surface area contributed by atoms with E-state index in [2.05, 4.69) is 15.5 Å². The molecule has 7 nitrogen and oxygen atoms in total. The molecule has 3 rings (SSSR count). The highest BCUT2D eigenvalue weighted by Crippen LogP contribution is 2.35. The van der Waals surface area contributed by atoms with Gasteiger partial charge in [0, 0.05) is 18.3 Å². The van der Waals surface area contributed by atoms with Crippen LogP contribution >= 0.6 is 0 Å². The van der Waals surface area contributed by atoms with Crippen LogP contribution in [0.15, 0.2) is 36.0 Å². The lowest BCUT2D eigenvalue weighted by atomic mass is 10.1. The van der Waals surface area contributed by atoms with Crippen molar-refractivity contribution in [3.8, 4) is 0 Å². The van der Waals surface area contributed by atoms with Gasteiger partial charge < -0.3 is 5.32 Å². The molecule has 1 aliphatic rings. The SMILES string of the molecule is Cc1n[nH]c(C)c1CCNC1=C(c2ccccc2)S(=O)(=O)N(C(C)C)C1=O. The van der Waals surface area contributed by atoms with Crippen LogP contribution in [0.4, 0.5) is 0 Å². The number of hydrogen-bond donors (Lipinski definition) is 2.